The Morgan fingerprint density at radius 1 is 1.00 bits per heavy atom. The molecular weight excluding hydrogens is 411 g/mol. The van der Waals surface area contributed by atoms with E-state index in [0.29, 0.717) is 53.1 Å². The molecule has 0 aromatic heterocycles. The molecule has 1 fully saturated rings. The molecule has 1 aromatic carbocycles. The highest BCUT2D eigenvalue weighted by molar-refractivity contribution is 6.41. The summed E-state index contributed by atoms with van der Waals surface area (Å²) in [5.74, 6) is -0.514. The first-order valence-electron chi connectivity index (χ1n) is 10.4. The molecule has 0 N–H and O–H groups in total. The van der Waals surface area contributed by atoms with Gasteiger partial charge in [-0.1, -0.05) is 42.6 Å². The van der Waals surface area contributed by atoms with Crippen LogP contribution in [0.4, 0.5) is 0 Å². The first kappa shape index (κ1) is 22.1. The van der Waals surface area contributed by atoms with E-state index in [0.717, 1.165) is 45.2 Å². The summed E-state index contributed by atoms with van der Waals surface area (Å²) >= 11 is 12.4. The normalized spacial score (nSPS) is 17.6. The van der Waals surface area contributed by atoms with Crippen molar-refractivity contribution in [2.24, 2.45) is 0 Å². The Kier molecular flexibility index (Phi) is 7.99. The third-order valence-electron chi connectivity index (χ3n) is 5.33. The van der Waals surface area contributed by atoms with E-state index in [2.05, 4.69) is 6.92 Å². The maximum atomic E-state index is 13.3. The maximum absolute atomic E-state index is 13.3. The van der Waals surface area contributed by atoms with Crippen molar-refractivity contribution in [1.29, 1.82) is 0 Å². The fourth-order valence-electron chi connectivity index (χ4n) is 3.79. The number of carbonyl (C=O) groups is 2. The van der Waals surface area contributed by atoms with Gasteiger partial charge in [-0.15, -0.1) is 0 Å². The molecule has 0 bridgehead atoms. The van der Waals surface area contributed by atoms with Crippen molar-refractivity contribution in [2.75, 3.05) is 32.8 Å². The topological polar surface area (TPSA) is 49.9 Å². The van der Waals surface area contributed by atoms with E-state index < -0.39 is 0 Å². The molecule has 2 heterocycles. The number of amides is 2. The summed E-state index contributed by atoms with van der Waals surface area (Å²) in [6.45, 7) is 5.25. The Hall–Kier alpha value is -1.56. The molecule has 0 unspecified atom stereocenters. The molecule has 7 heteroatoms. The SMILES string of the molecule is CCCCOCCCN1C(=O)C(c2ccc(Cl)cc2Cl)=C(N2CCCCC2)C1=O. The van der Waals surface area contributed by atoms with Gasteiger partial charge in [0.15, 0.2) is 0 Å². The fourth-order valence-corrected chi connectivity index (χ4v) is 4.29. The summed E-state index contributed by atoms with van der Waals surface area (Å²) in [6.07, 6.45) is 5.88. The number of ether oxygens (including phenoxy) is 1. The molecule has 5 nitrogen and oxygen atoms in total. The highest BCUT2D eigenvalue weighted by Crippen LogP contribution is 2.37. The van der Waals surface area contributed by atoms with Crippen molar-refractivity contribution in [3.05, 3.63) is 39.5 Å². The molecule has 2 amide bonds. The number of hydrogen-bond donors (Lipinski definition) is 0. The Morgan fingerprint density at radius 2 is 1.72 bits per heavy atom. The largest absolute Gasteiger partial charge is 0.381 e. The fraction of sp³-hybridized carbons (Fsp3) is 0.545. The molecule has 1 saturated heterocycles. The molecule has 1 aromatic rings. The quantitative estimate of drug-likeness (QED) is 0.411. The second kappa shape index (κ2) is 10.5. The van der Waals surface area contributed by atoms with Crippen LogP contribution in [0.3, 0.4) is 0 Å². The molecule has 0 aliphatic carbocycles. The van der Waals surface area contributed by atoms with Crippen LogP contribution in [0.1, 0.15) is 51.0 Å². The zero-order chi connectivity index (χ0) is 20.8. The van der Waals surface area contributed by atoms with Crippen molar-refractivity contribution in [3.63, 3.8) is 0 Å². The van der Waals surface area contributed by atoms with Crippen LogP contribution < -0.4 is 0 Å². The lowest BCUT2D eigenvalue weighted by Crippen LogP contribution is -2.37. The zero-order valence-electron chi connectivity index (χ0n) is 16.9. The van der Waals surface area contributed by atoms with E-state index in [1.807, 2.05) is 4.90 Å². The number of benzene rings is 1. The number of unbranched alkanes of at least 4 members (excludes halogenated alkanes) is 1. The summed E-state index contributed by atoms with van der Waals surface area (Å²) in [4.78, 5) is 29.9. The van der Waals surface area contributed by atoms with Gasteiger partial charge in [0.25, 0.3) is 11.8 Å². The number of rotatable bonds is 9. The number of likely N-dealkylation sites (tertiary alicyclic amines) is 1. The predicted octanol–water partition coefficient (Wildman–Crippen LogP) is 4.77. The molecule has 2 aliphatic heterocycles. The average molecular weight is 439 g/mol. The number of nitrogens with zero attached hydrogens (tertiary/aromatic N) is 2. The lowest BCUT2D eigenvalue weighted by atomic mass is 10.0. The zero-order valence-corrected chi connectivity index (χ0v) is 18.4. The van der Waals surface area contributed by atoms with Gasteiger partial charge in [-0.05, 0) is 44.2 Å². The summed E-state index contributed by atoms with van der Waals surface area (Å²) in [5.41, 5.74) is 1.44. The highest BCUT2D eigenvalue weighted by atomic mass is 35.5. The Balaban J connectivity index is 1.83. The van der Waals surface area contributed by atoms with Crippen molar-refractivity contribution < 1.29 is 14.3 Å². The maximum Gasteiger partial charge on any atom is 0.277 e. The third kappa shape index (κ3) is 5.14. The summed E-state index contributed by atoms with van der Waals surface area (Å²) < 4.78 is 5.58. The minimum atomic E-state index is -0.284. The van der Waals surface area contributed by atoms with Crippen LogP contribution in [0, 0.1) is 0 Å². The van der Waals surface area contributed by atoms with Crippen LogP contribution in [0.2, 0.25) is 10.0 Å². The molecule has 29 heavy (non-hydrogen) atoms. The third-order valence-corrected chi connectivity index (χ3v) is 5.88. The van der Waals surface area contributed by atoms with Gasteiger partial charge >= 0.3 is 0 Å². The van der Waals surface area contributed by atoms with Crippen LogP contribution in [-0.4, -0.2) is 54.5 Å². The van der Waals surface area contributed by atoms with Crippen LogP contribution in [0.15, 0.2) is 23.9 Å². The number of halogens is 2. The molecule has 158 valence electrons. The van der Waals surface area contributed by atoms with Crippen molar-refractivity contribution in [3.8, 4) is 0 Å². The van der Waals surface area contributed by atoms with Gasteiger partial charge in [0.05, 0.1) is 10.6 Å². The minimum Gasteiger partial charge on any atom is -0.381 e. The highest BCUT2D eigenvalue weighted by Gasteiger charge is 2.42. The number of imide groups is 1. The van der Waals surface area contributed by atoms with Crippen LogP contribution >= 0.6 is 23.2 Å². The van der Waals surface area contributed by atoms with Gasteiger partial charge in [-0.3, -0.25) is 14.5 Å². The summed E-state index contributed by atoms with van der Waals surface area (Å²) in [7, 11) is 0. The van der Waals surface area contributed by atoms with Gasteiger partial charge < -0.3 is 9.64 Å². The van der Waals surface area contributed by atoms with Crippen molar-refractivity contribution in [2.45, 2.75) is 45.4 Å². The summed E-state index contributed by atoms with van der Waals surface area (Å²) in [6, 6.07) is 5.04. The van der Waals surface area contributed by atoms with Crippen molar-refractivity contribution >= 4 is 40.6 Å². The molecule has 0 radical (unpaired) electrons. The predicted molar refractivity (Wildman–Crippen MR) is 116 cm³/mol. The molecule has 0 atom stereocenters. The number of carbonyl (C=O) groups excluding carboxylic acids is 2. The molecule has 0 saturated carbocycles. The lowest BCUT2D eigenvalue weighted by molar-refractivity contribution is -0.137. The second-order valence-electron chi connectivity index (χ2n) is 7.48. The van der Waals surface area contributed by atoms with Gasteiger partial charge in [-0.2, -0.15) is 0 Å². The molecule has 0 spiro atoms. The second-order valence-corrected chi connectivity index (χ2v) is 8.32. The van der Waals surface area contributed by atoms with E-state index in [4.69, 9.17) is 27.9 Å². The van der Waals surface area contributed by atoms with Gasteiger partial charge in [0.2, 0.25) is 0 Å². The van der Waals surface area contributed by atoms with E-state index >= 15 is 0 Å². The van der Waals surface area contributed by atoms with E-state index in [1.54, 1.807) is 18.2 Å². The monoisotopic (exact) mass is 438 g/mol. The number of piperidine rings is 1. The molecular formula is C22H28Cl2N2O3. The van der Waals surface area contributed by atoms with Gasteiger partial charge in [0, 0.05) is 43.4 Å². The van der Waals surface area contributed by atoms with Crippen LogP contribution in [0.25, 0.3) is 5.57 Å². The minimum absolute atomic E-state index is 0.230. The lowest BCUT2D eigenvalue weighted by Gasteiger charge is -2.29. The smallest absolute Gasteiger partial charge is 0.277 e. The standard InChI is InChI=1S/C22H28Cl2N2O3/c1-2-3-13-29-14-7-12-26-21(27)19(17-9-8-16(23)15-18(17)24)20(22(26)28)25-10-5-4-6-11-25/h8-9,15H,2-7,10-14H2,1H3. The Bertz CT molecular complexity index is 788. The van der Waals surface area contributed by atoms with Crippen LogP contribution in [-0.2, 0) is 14.3 Å². The van der Waals surface area contributed by atoms with Crippen LogP contribution in [0.5, 0.6) is 0 Å². The first-order chi connectivity index (χ1) is 14.0. The van der Waals surface area contributed by atoms with E-state index in [-0.39, 0.29) is 11.8 Å². The molecule has 3 rings (SSSR count). The molecule has 2 aliphatic rings. The summed E-state index contributed by atoms with van der Waals surface area (Å²) in [5, 5.41) is 0.879. The van der Waals surface area contributed by atoms with E-state index in [1.165, 1.54) is 4.90 Å². The van der Waals surface area contributed by atoms with Gasteiger partial charge in [0.1, 0.15) is 5.70 Å². The number of hydrogen-bond acceptors (Lipinski definition) is 4. The first-order valence-corrected chi connectivity index (χ1v) is 11.2. The Morgan fingerprint density at radius 3 is 2.41 bits per heavy atom. The average Bonchev–Trinajstić information content (AvgIpc) is 2.95. The van der Waals surface area contributed by atoms with Gasteiger partial charge in [-0.25, -0.2) is 0 Å². The van der Waals surface area contributed by atoms with Crippen molar-refractivity contribution in [1.82, 2.24) is 9.80 Å². The van der Waals surface area contributed by atoms with E-state index in [9.17, 15) is 9.59 Å². The Labute approximate surface area is 182 Å².